The predicted molar refractivity (Wildman–Crippen MR) is 19.8 cm³/mol. The van der Waals surface area contributed by atoms with Gasteiger partial charge in [-0.25, -0.2) is 0 Å². The second-order valence-electron chi connectivity index (χ2n) is 1.07. The average Bonchev–Trinajstić information content (AvgIpc) is 1.38. The van der Waals surface area contributed by atoms with Crippen molar-refractivity contribution in [1.29, 1.82) is 0 Å². The van der Waals surface area contributed by atoms with E-state index in [1.807, 2.05) is 0 Å². The number of hydrogen-bond acceptors (Lipinski definition) is 1. The summed E-state index contributed by atoms with van der Waals surface area (Å²) in [4.78, 5) is 10.9. The summed E-state index contributed by atoms with van der Waals surface area (Å²) in [6.07, 6.45) is 0.750. The number of rotatable bonds is 1. The zero-order valence-electron chi connectivity index (χ0n) is 3.75. The fourth-order valence-corrected chi connectivity index (χ4v) is 0. The molecule has 0 unspecified atom stereocenters. The summed E-state index contributed by atoms with van der Waals surface area (Å²) in [5.41, 5.74) is 0. The molecule has 0 aromatic heterocycles. The van der Waals surface area contributed by atoms with Gasteiger partial charge in [0.2, 0.25) is 6.41 Å². The van der Waals surface area contributed by atoms with Crippen molar-refractivity contribution in [2.75, 3.05) is 14.1 Å². The summed E-state index contributed by atoms with van der Waals surface area (Å²) in [6, 6.07) is 0. The largest absolute Gasteiger partial charge is 0.351 e. The Morgan fingerprint density at radius 3 is 1.67 bits per heavy atom. The number of nitrogens with zero attached hydrogens (tertiary/aromatic N) is 1. The molecule has 2 nitrogen and oxygen atoms in total. The van der Waals surface area contributed by atoms with E-state index >= 15 is 0 Å². The van der Waals surface area contributed by atoms with Crippen molar-refractivity contribution >= 4 is 6.41 Å². The molecule has 0 spiro atoms. The molecule has 0 fully saturated rings. The molecule has 0 atom stereocenters. The number of carbonyl (C=O) groups excluding carboxylic acids is 1. The Labute approximate surface area is 47.4 Å². The van der Waals surface area contributed by atoms with Crippen LogP contribution in [0.2, 0.25) is 0 Å². The molecular formula is C3H7NNiO. The van der Waals surface area contributed by atoms with Gasteiger partial charge < -0.3 is 4.90 Å². The maximum Gasteiger partial charge on any atom is 0.209 e. The van der Waals surface area contributed by atoms with E-state index < -0.39 is 0 Å². The first kappa shape index (κ1) is 9.35. The van der Waals surface area contributed by atoms with E-state index in [2.05, 4.69) is 0 Å². The van der Waals surface area contributed by atoms with Gasteiger partial charge in [-0.2, -0.15) is 0 Å². The standard InChI is InChI=1S/C3H7NO.Ni/c1-4(2)3-5;/h3H,1-2H3;. The first-order valence-corrected chi connectivity index (χ1v) is 1.39. The van der Waals surface area contributed by atoms with Gasteiger partial charge in [0, 0.05) is 30.6 Å². The number of carbonyl (C=O) groups is 1. The fourth-order valence-electron chi connectivity index (χ4n) is 0. The van der Waals surface area contributed by atoms with Crippen LogP contribution in [-0.4, -0.2) is 25.4 Å². The topological polar surface area (TPSA) is 20.3 Å². The monoisotopic (exact) mass is 131 g/mol. The molecular weight excluding hydrogens is 125 g/mol. The van der Waals surface area contributed by atoms with Crippen LogP contribution in [0.1, 0.15) is 0 Å². The Balaban J connectivity index is 0. The van der Waals surface area contributed by atoms with Gasteiger partial charge in [0.25, 0.3) is 0 Å². The first-order chi connectivity index (χ1) is 2.27. The number of hydrogen-bond donors (Lipinski definition) is 0. The third-order valence-electron chi connectivity index (χ3n) is 0.211. The summed E-state index contributed by atoms with van der Waals surface area (Å²) >= 11 is 0. The van der Waals surface area contributed by atoms with Gasteiger partial charge in [-0.3, -0.25) is 4.79 Å². The normalized spacial score (nSPS) is 5.67. The molecule has 1 amide bonds. The molecule has 40 valence electrons. The Morgan fingerprint density at radius 2 is 1.67 bits per heavy atom. The molecule has 0 aromatic rings. The molecule has 0 rings (SSSR count). The van der Waals surface area contributed by atoms with Crippen molar-refractivity contribution in [1.82, 2.24) is 4.90 Å². The molecule has 0 aliphatic heterocycles. The van der Waals surface area contributed by atoms with E-state index in [1.54, 1.807) is 14.1 Å². The van der Waals surface area contributed by atoms with Crippen LogP contribution < -0.4 is 0 Å². The van der Waals surface area contributed by atoms with E-state index in [1.165, 1.54) is 4.90 Å². The average molecular weight is 132 g/mol. The second-order valence-corrected chi connectivity index (χ2v) is 1.07. The number of amides is 1. The Morgan fingerprint density at radius 1 is 1.50 bits per heavy atom. The smallest absolute Gasteiger partial charge is 0.209 e. The molecule has 0 bridgehead atoms. The van der Waals surface area contributed by atoms with Crippen LogP contribution in [0, 0.1) is 0 Å². The van der Waals surface area contributed by atoms with Crippen molar-refractivity contribution < 1.29 is 21.3 Å². The van der Waals surface area contributed by atoms with Gasteiger partial charge in [-0.1, -0.05) is 0 Å². The van der Waals surface area contributed by atoms with Crippen molar-refractivity contribution in [3.8, 4) is 0 Å². The molecule has 0 saturated heterocycles. The SMILES string of the molecule is CN(C)C=O.[Ni]. The van der Waals surface area contributed by atoms with E-state index in [0.29, 0.717) is 0 Å². The van der Waals surface area contributed by atoms with E-state index in [9.17, 15) is 4.79 Å². The molecule has 0 radical (unpaired) electrons. The van der Waals surface area contributed by atoms with Crippen LogP contribution in [0.5, 0.6) is 0 Å². The minimum absolute atomic E-state index is 0. The van der Waals surface area contributed by atoms with Gasteiger partial charge in [0.05, 0.1) is 0 Å². The molecule has 6 heavy (non-hydrogen) atoms. The van der Waals surface area contributed by atoms with E-state index in [-0.39, 0.29) is 16.5 Å². The van der Waals surface area contributed by atoms with Gasteiger partial charge >= 0.3 is 0 Å². The van der Waals surface area contributed by atoms with Crippen molar-refractivity contribution in [3.63, 3.8) is 0 Å². The van der Waals surface area contributed by atoms with Crippen LogP contribution in [0.3, 0.4) is 0 Å². The molecule has 3 heteroatoms. The van der Waals surface area contributed by atoms with Crippen LogP contribution >= 0.6 is 0 Å². The third kappa shape index (κ3) is 9.03. The van der Waals surface area contributed by atoms with Crippen LogP contribution in [0.4, 0.5) is 0 Å². The van der Waals surface area contributed by atoms with Gasteiger partial charge in [0.15, 0.2) is 0 Å². The van der Waals surface area contributed by atoms with Crippen LogP contribution in [0.25, 0.3) is 0 Å². The Hall–Kier alpha value is -0.0365. The molecule has 0 aliphatic rings. The van der Waals surface area contributed by atoms with Gasteiger partial charge in [-0.15, -0.1) is 0 Å². The molecule has 0 saturated carbocycles. The van der Waals surface area contributed by atoms with Crippen LogP contribution in [-0.2, 0) is 21.3 Å². The zero-order valence-corrected chi connectivity index (χ0v) is 4.74. The van der Waals surface area contributed by atoms with Gasteiger partial charge in [-0.05, 0) is 0 Å². The maximum atomic E-state index is 9.43. The Bertz CT molecular complexity index is 37.8. The second kappa shape index (κ2) is 4.96. The molecule has 0 aliphatic carbocycles. The van der Waals surface area contributed by atoms with Crippen molar-refractivity contribution in [2.45, 2.75) is 0 Å². The van der Waals surface area contributed by atoms with E-state index in [4.69, 9.17) is 0 Å². The maximum absolute atomic E-state index is 9.43. The quantitative estimate of drug-likeness (QED) is 0.354. The third-order valence-corrected chi connectivity index (χ3v) is 0.211. The minimum atomic E-state index is 0. The Kier molecular flexibility index (Phi) is 7.74. The predicted octanol–water partition coefficient (Wildman–Crippen LogP) is -0.298. The summed E-state index contributed by atoms with van der Waals surface area (Å²) in [7, 11) is 3.38. The molecule has 0 N–H and O–H groups in total. The summed E-state index contributed by atoms with van der Waals surface area (Å²) in [5, 5.41) is 0. The first-order valence-electron chi connectivity index (χ1n) is 1.39. The fraction of sp³-hybridized carbons (Fsp3) is 0.667. The summed E-state index contributed by atoms with van der Waals surface area (Å²) < 4.78 is 0. The molecule has 0 aromatic carbocycles. The van der Waals surface area contributed by atoms with Crippen molar-refractivity contribution in [3.05, 3.63) is 0 Å². The van der Waals surface area contributed by atoms with Crippen molar-refractivity contribution in [2.24, 2.45) is 0 Å². The van der Waals surface area contributed by atoms with Gasteiger partial charge in [0.1, 0.15) is 0 Å². The summed E-state index contributed by atoms with van der Waals surface area (Å²) in [6.45, 7) is 0. The van der Waals surface area contributed by atoms with Crippen LogP contribution in [0.15, 0.2) is 0 Å². The minimum Gasteiger partial charge on any atom is -0.351 e. The molecule has 0 heterocycles. The summed E-state index contributed by atoms with van der Waals surface area (Å²) in [5.74, 6) is 0. The zero-order chi connectivity index (χ0) is 4.28. The van der Waals surface area contributed by atoms with E-state index in [0.717, 1.165) is 6.41 Å².